The standard InChI is InChI=1S/C11H13F2NO4/c12-6-2-1-5(3-7(6)13)14-11-10(17)9(16)8(15)4-18-11/h1-3,8-11,14-17H,4H2/t8-,9+,10-,11-/m1/s1. The zero-order valence-electron chi connectivity index (χ0n) is 9.25. The minimum Gasteiger partial charge on any atom is -0.388 e. The summed E-state index contributed by atoms with van der Waals surface area (Å²) >= 11 is 0. The third-order valence-electron chi connectivity index (χ3n) is 2.73. The molecule has 0 saturated carbocycles. The largest absolute Gasteiger partial charge is 0.388 e. The van der Waals surface area contributed by atoms with Crippen LogP contribution in [0.25, 0.3) is 0 Å². The monoisotopic (exact) mass is 261 g/mol. The molecule has 7 heteroatoms. The van der Waals surface area contributed by atoms with Gasteiger partial charge in [0.25, 0.3) is 0 Å². The Bertz CT molecular complexity index is 432. The fourth-order valence-electron chi connectivity index (χ4n) is 1.68. The van der Waals surface area contributed by atoms with Gasteiger partial charge in [-0.3, -0.25) is 0 Å². The maximum absolute atomic E-state index is 13.0. The molecule has 1 heterocycles. The van der Waals surface area contributed by atoms with E-state index in [9.17, 15) is 24.1 Å². The molecular weight excluding hydrogens is 248 g/mol. The number of anilines is 1. The predicted molar refractivity (Wildman–Crippen MR) is 57.7 cm³/mol. The van der Waals surface area contributed by atoms with Gasteiger partial charge in [0.05, 0.1) is 6.61 Å². The van der Waals surface area contributed by atoms with Crippen molar-refractivity contribution in [2.24, 2.45) is 0 Å². The van der Waals surface area contributed by atoms with Crippen LogP contribution >= 0.6 is 0 Å². The molecule has 0 amide bonds. The van der Waals surface area contributed by atoms with E-state index in [1.807, 2.05) is 0 Å². The van der Waals surface area contributed by atoms with Crippen molar-refractivity contribution < 1.29 is 28.8 Å². The molecule has 0 aromatic heterocycles. The summed E-state index contributed by atoms with van der Waals surface area (Å²) in [5.74, 6) is -2.02. The van der Waals surface area contributed by atoms with Gasteiger partial charge in [-0.05, 0) is 12.1 Å². The van der Waals surface area contributed by atoms with Gasteiger partial charge in [-0.1, -0.05) is 0 Å². The molecule has 1 fully saturated rings. The normalized spacial score (nSPS) is 32.3. The Kier molecular flexibility index (Phi) is 3.76. The number of nitrogens with one attached hydrogen (secondary N) is 1. The summed E-state index contributed by atoms with van der Waals surface area (Å²) in [6, 6.07) is 3.10. The van der Waals surface area contributed by atoms with E-state index in [4.69, 9.17) is 4.74 Å². The summed E-state index contributed by atoms with van der Waals surface area (Å²) in [6.07, 6.45) is -4.92. The second-order valence-corrected chi connectivity index (χ2v) is 4.08. The summed E-state index contributed by atoms with van der Waals surface area (Å²) in [5.41, 5.74) is 0.196. The Morgan fingerprint density at radius 1 is 1.11 bits per heavy atom. The van der Waals surface area contributed by atoms with Crippen molar-refractivity contribution in [3.63, 3.8) is 0 Å². The summed E-state index contributed by atoms with van der Waals surface area (Å²) in [4.78, 5) is 0. The first kappa shape index (κ1) is 13.2. The average Bonchev–Trinajstić information content (AvgIpc) is 2.34. The molecule has 4 N–H and O–H groups in total. The van der Waals surface area contributed by atoms with Crippen molar-refractivity contribution in [2.75, 3.05) is 11.9 Å². The van der Waals surface area contributed by atoms with Gasteiger partial charge in [-0.15, -0.1) is 0 Å². The van der Waals surface area contributed by atoms with E-state index in [0.717, 1.165) is 12.1 Å². The number of aliphatic hydroxyl groups excluding tert-OH is 3. The fourth-order valence-corrected chi connectivity index (χ4v) is 1.68. The third-order valence-corrected chi connectivity index (χ3v) is 2.73. The lowest BCUT2D eigenvalue weighted by Gasteiger charge is -2.35. The number of ether oxygens (including phenoxy) is 1. The van der Waals surface area contributed by atoms with Crippen molar-refractivity contribution in [2.45, 2.75) is 24.5 Å². The Morgan fingerprint density at radius 3 is 2.50 bits per heavy atom. The number of rotatable bonds is 2. The molecule has 1 saturated heterocycles. The van der Waals surface area contributed by atoms with E-state index in [-0.39, 0.29) is 12.3 Å². The van der Waals surface area contributed by atoms with Gasteiger partial charge >= 0.3 is 0 Å². The highest BCUT2D eigenvalue weighted by molar-refractivity contribution is 5.44. The number of halogens is 2. The first-order valence-corrected chi connectivity index (χ1v) is 5.36. The van der Waals surface area contributed by atoms with E-state index < -0.39 is 36.2 Å². The van der Waals surface area contributed by atoms with Gasteiger partial charge in [0, 0.05) is 11.8 Å². The van der Waals surface area contributed by atoms with Crippen molar-refractivity contribution in [3.05, 3.63) is 29.8 Å². The minimum atomic E-state index is -1.37. The van der Waals surface area contributed by atoms with Crippen LogP contribution in [0.5, 0.6) is 0 Å². The van der Waals surface area contributed by atoms with E-state index in [2.05, 4.69) is 5.32 Å². The highest BCUT2D eigenvalue weighted by atomic mass is 19.2. The van der Waals surface area contributed by atoms with Crippen LogP contribution < -0.4 is 5.32 Å². The number of hydrogen-bond donors (Lipinski definition) is 4. The Morgan fingerprint density at radius 2 is 1.83 bits per heavy atom. The zero-order chi connectivity index (χ0) is 13.3. The maximum Gasteiger partial charge on any atom is 0.160 e. The molecule has 4 atom stereocenters. The number of hydrogen-bond acceptors (Lipinski definition) is 5. The van der Waals surface area contributed by atoms with Crippen LogP contribution in [0.2, 0.25) is 0 Å². The Hall–Kier alpha value is -1.28. The summed E-state index contributed by atoms with van der Waals surface area (Å²) in [7, 11) is 0. The molecule has 0 unspecified atom stereocenters. The molecule has 1 aromatic carbocycles. The minimum absolute atomic E-state index is 0.167. The van der Waals surface area contributed by atoms with Gasteiger partial charge in [0.2, 0.25) is 0 Å². The zero-order valence-corrected chi connectivity index (χ0v) is 9.25. The smallest absolute Gasteiger partial charge is 0.160 e. The van der Waals surface area contributed by atoms with Crippen LogP contribution in [-0.4, -0.2) is 46.5 Å². The maximum atomic E-state index is 13.0. The van der Waals surface area contributed by atoms with Gasteiger partial charge in [-0.25, -0.2) is 8.78 Å². The van der Waals surface area contributed by atoms with Gasteiger partial charge < -0.3 is 25.4 Å². The molecule has 0 radical (unpaired) electrons. The molecule has 2 rings (SSSR count). The topological polar surface area (TPSA) is 82.0 Å². The second-order valence-electron chi connectivity index (χ2n) is 4.08. The van der Waals surface area contributed by atoms with Crippen LogP contribution in [0.3, 0.4) is 0 Å². The molecule has 0 aliphatic carbocycles. The molecule has 1 aromatic rings. The molecule has 5 nitrogen and oxygen atoms in total. The van der Waals surface area contributed by atoms with Crippen LogP contribution in [0.1, 0.15) is 0 Å². The van der Waals surface area contributed by atoms with E-state index >= 15 is 0 Å². The van der Waals surface area contributed by atoms with E-state index in [1.54, 1.807) is 0 Å². The molecule has 1 aliphatic rings. The lowest BCUT2D eigenvalue weighted by atomic mass is 10.0. The highest BCUT2D eigenvalue weighted by Crippen LogP contribution is 2.20. The van der Waals surface area contributed by atoms with Gasteiger partial charge in [0.1, 0.15) is 18.3 Å². The summed E-state index contributed by atoms with van der Waals surface area (Å²) in [6.45, 7) is -0.167. The van der Waals surface area contributed by atoms with Gasteiger partial charge in [-0.2, -0.15) is 0 Å². The molecule has 18 heavy (non-hydrogen) atoms. The molecule has 100 valence electrons. The lowest BCUT2D eigenvalue weighted by molar-refractivity contribution is -0.178. The Balaban J connectivity index is 2.07. The van der Waals surface area contributed by atoms with Crippen molar-refractivity contribution in [3.8, 4) is 0 Å². The predicted octanol–water partition coefficient (Wildman–Crippen LogP) is -0.184. The fraction of sp³-hybridized carbons (Fsp3) is 0.455. The molecule has 0 bridgehead atoms. The Labute approximate surface area is 102 Å². The van der Waals surface area contributed by atoms with Crippen molar-refractivity contribution >= 4 is 5.69 Å². The first-order chi connectivity index (χ1) is 8.49. The second kappa shape index (κ2) is 5.15. The summed E-state index contributed by atoms with van der Waals surface area (Å²) in [5, 5.41) is 30.9. The van der Waals surface area contributed by atoms with Crippen molar-refractivity contribution in [1.29, 1.82) is 0 Å². The quantitative estimate of drug-likeness (QED) is 0.593. The lowest BCUT2D eigenvalue weighted by Crippen LogP contribution is -2.55. The first-order valence-electron chi connectivity index (χ1n) is 5.36. The molecular formula is C11H13F2NO4. The van der Waals surface area contributed by atoms with E-state index in [0.29, 0.717) is 0 Å². The van der Waals surface area contributed by atoms with E-state index in [1.165, 1.54) is 6.07 Å². The van der Waals surface area contributed by atoms with Gasteiger partial charge in [0.15, 0.2) is 17.9 Å². The van der Waals surface area contributed by atoms with Crippen LogP contribution in [0.15, 0.2) is 18.2 Å². The summed E-state index contributed by atoms with van der Waals surface area (Å²) < 4.78 is 30.7. The van der Waals surface area contributed by atoms with Crippen LogP contribution in [-0.2, 0) is 4.74 Å². The number of benzene rings is 1. The number of aliphatic hydroxyl groups is 3. The van der Waals surface area contributed by atoms with Crippen molar-refractivity contribution in [1.82, 2.24) is 0 Å². The van der Waals surface area contributed by atoms with Crippen LogP contribution in [0, 0.1) is 11.6 Å². The molecule has 0 spiro atoms. The SMILES string of the molecule is O[C@@H]1[C@@H](O)[C@H](Nc2ccc(F)c(F)c2)OC[C@H]1O. The highest BCUT2D eigenvalue weighted by Gasteiger charge is 2.37. The molecule has 1 aliphatic heterocycles. The third kappa shape index (κ3) is 2.59. The average molecular weight is 261 g/mol. The van der Waals surface area contributed by atoms with Crippen LogP contribution in [0.4, 0.5) is 14.5 Å².